The summed E-state index contributed by atoms with van der Waals surface area (Å²) in [5, 5.41) is 0. The molecule has 0 spiro atoms. The quantitative estimate of drug-likeness (QED) is 0.652. The van der Waals surface area contributed by atoms with Gasteiger partial charge >= 0.3 is 0 Å². The van der Waals surface area contributed by atoms with Crippen LogP contribution in [0.1, 0.15) is 58.6 Å². The van der Waals surface area contributed by atoms with Crippen molar-refractivity contribution in [3.63, 3.8) is 0 Å². The van der Waals surface area contributed by atoms with E-state index in [2.05, 4.69) is 70.7 Å². The van der Waals surface area contributed by atoms with Gasteiger partial charge in [-0.1, -0.05) is 57.5 Å². The Morgan fingerprint density at radius 1 is 1.11 bits per heavy atom. The molecule has 2 nitrogen and oxygen atoms in total. The van der Waals surface area contributed by atoms with Gasteiger partial charge in [0, 0.05) is 24.7 Å². The highest BCUT2D eigenvalue weighted by atomic mass is 15.4. The average Bonchev–Trinajstić information content (AvgIpc) is 3.24. The lowest BCUT2D eigenvalue weighted by Crippen LogP contribution is -2.59. The van der Waals surface area contributed by atoms with Crippen LogP contribution in [0, 0.1) is 29.6 Å². The van der Waals surface area contributed by atoms with Gasteiger partial charge in [0.05, 0.1) is 19.6 Å². The fourth-order valence-electron chi connectivity index (χ4n) is 6.82. The van der Waals surface area contributed by atoms with Crippen molar-refractivity contribution in [2.24, 2.45) is 22.7 Å². The molecule has 2 saturated carbocycles. The van der Waals surface area contributed by atoms with Crippen LogP contribution in [-0.2, 0) is 6.54 Å². The second kappa shape index (κ2) is 6.59. The molecule has 2 heteroatoms. The SMILES string of the molecule is CC[N+]1(Cc2ccc(C)cc2)CCN(C2C3CC(C)(CC(C)(C)C)C32)CC1. The maximum atomic E-state index is 2.88. The molecule has 0 radical (unpaired) electrons. The lowest BCUT2D eigenvalue weighted by molar-refractivity contribution is -0.943. The van der Waals surface area contributed by atoms with Crippen LogP contribution in [0.3, 0.4) is 0 Å². The zero-order valence-electron chi connectivity index (χ0n) is 18.6. The van der Waals surface area contributed by atoms with E-state index in [1.165, 1.54) is 67.7 Å². The van der Waals surface area contributed by atoms with Gasteiger partial charge in [-0.2, -0.15) is 0 Å². The number of likely N-dealkylation sites (N-methyl/N-ethyl adjacent to an activating group) is 1. The van der Waals surface area contributed by atoms with Crippen LogP contribution in [-0.4, -0.2) is 48.1 Å². The fraction of sp³-hybridized carbons (Fsp3) is 0.760. The summed E-state index contributed by atoms with van der Waals surface area (Å²) in [6, 6.07) is 10.1. The van der Waals surface area contributed by atoms with Crippen molar-refractivity contribution in [3.05, 3.63) is 35.4 Å². The van der Waals surface area contributed by atoms with E-state index in [-0.39, 0.29) is 0 Å². The maximum absolute atomic E-state index is 2.88. The van der Waals surface area contributed by atoms with Crippen LogP contribution < -0.4 is 0 Å². The molecular weight excluding hydrogens is 328 g/mol. The van der Waals surface area contributed by atoms with Crippen LogP contribution in [0.5, 0.6) is 0 Å². The molecule has 3 aliphatic rings. The molecule has 27 heavy (non-hydrogen) atoms. The first-order valence-corrected chi connectivity index (χ1v) is 11.3. The Morgan fingerprint density at radius 2 is 1.74 bits per heavy atom. The van der Waals surface area contributed by atoms with E-state index in [0.717, 1.165) is 17.9 Å². The highest BCUT2D eigenvalue weighted by molar-refractivity contribution is 5.22. The number of fused-ring (bicyclic) bond motifs is 1. The van der Waals surface area contributed by atoms with Gasteiger partial charge in [-0.3, -0.25) is 4.90 Å². The second-order valence-corrected chi connectivity index (χ2v) is 11.6. The molecule has 1 aromatic rings. The Kier molecular flexibility index (Phi) is 4.75. The summed E-state index contributed by atoms with van der Waals surface area (Å²) in [5.74, 6) is 2.02. The predicted molar refractivity (Wildman–Crippen MR) is 115 cm³/mol. The van der Waals surface area contributed by atoms with Gasteiger partial charge in [0.1, 0.15) is 6.54 Å². The lowest BCUT2D eigenvalue weighted by Gasteiger charge is -2.45. The number of nitrogens with zero attached hydrogens (tertiary/aromatic N) is 2. The smallest absolute Gasteiger partial charge is 0.104 e. The van der Waals surface area contributed by atoms with Gasteiger partial charge in [-0.15, -0.1) is 0 Å². The van der Waals surface area contributed by atoms with Crippen molar-refractivity contribution >= 4 is 0 Å². The van der Waals surface area contributed by atoms with E-state index in [1.54, 1.807) is 0 Å². The van der Waals surface area contributed by atoms with Crippen molar-refractivity contribution < 1.29 is 4.48 Å². The largest absolute Gasteiger partial charge is 0.318 e. The lowest BCUT2D eigenvalue weighted by atomic mass is 9.63. The molecular formula is C25H41N2+. The Hall–Kier alpha value is -0.860. The van der Waals surface area contributed by atoms with Gasteiger partial charge in [-0.25, -0.2) is 0 Å². The molecule has 1 heterocycles. The molecule has 4 rings (SSSR count). The van der Waals surface area contributed by atoms with Crippen LogP contribution in [0.25, 0.3) is 0 Å². The monoisotopic (exact) mass is 369 g/mol. The molecule has 4 atom stereocenters. The minimum absolute atomic E-state index is 0.469. The van der Waals surface area contributed by atoms with Crippen molar-refractivity contribution in [1.82, 2.24) is 4.90 Å². The molecule has 0 N–H and O–H groups in total. The number of rotatable bonds is 5. The summed E-state index contributed by atoms with van der Waals surface area (Å²) >= 11 is 0. The maximum Gasteiger partial charge on any atom is 0.104 e. The van der Waals surface area contributed by atoms with E-state index in [4.69, 9.17) is 0 Å². The van der Waals surface area contributed by atoms with Crippen LogP contribution in [0.15, 0.2) is 24.3 Å². The molecule has 0 aromatic heterocycles. The Morgan fingerprint density at radius 3 is 2.30 bits per heavy atom. The summed E-state index contributed by atoms with van der Waals surface area (Å²) in [6.07, 6.45) is 2.88. The van der Waals surface area contributed by atoms with Crippen molar-refractivity contribution in [2.45, 2.75) is 67.0 Å². The first-order valence-electron chi connectivity index (χ1n) is 11.3. The number of hydrogen-bond donors (Lipinski definition) is 0. The number of aryl methyl sites for hydroxylation is 1. The molecule has 150 valence electrons. The van der Waals surface area contributed by atoms with Gasteiger partial charge < -0.3 is 4.48 Å². The van der Waals surface area contributed by atoms with Crippen LogP contribution in [0.2, 0.25) is 0 Å². The molecule has 1 aromatic carbocycles. The third-order valence-electron chi connectivity index (χ3n) is 8.02. The Balaban J connectivity index is 1.35. The number of piperazine rings is 1. The summed E-state index contributed by atoms with van der Waals surface area (Å²) in [5.41, 5.74) is 3.97. The molecule has 0 amide bonds. The third kappa shape index (κ3) is 3.72. The van der Waals surface area contributed by atoms with E-state index in [9.17, 15) is 0 Å². The van der Waals surface area contributed by atoms with E-state index in [0.29, 0.717) is 10.8 Å². The standard InChI is InChI=1S/C25H41N2/c1-7-27(17-20-10-8-19(2)9-11-20)14-12-26(13-15-27)23-21-16-25(6,22(21)23)18-24(3,4)5/h8-11,21-23H,7,12-18H2,1-6H3/q+1. The number of quaternary nitrogens is 1. The minimum atomic E-state index is 0.469. The normalized spacial score (nSPS) is 35.4. The molecule has 0 bridgehead atoms. The molecule has 4 unspecified atom stereocenters. The van der Waals surface area contributed by atoms with E-state index < -0.39 is 0 Å². The van der Waals surface area contributed by atoms with E-state index >= 15 is 0 Å². The fourth-order valence-corrected chi connectivity index (χ4v) is 6.82. The van der Waals surface area contributed by atoms with Gasteiger partial charge in [-0.05, 0) is 49.4 Å². The van der Waals surface area contributed by atoms with Crippen molar-refractivity contribution in [3.8, 4) is 0 Å². The van der Waals surface area contributed by atoms with E-state index in [1.807, 2.05) is 0 Å². The molecule has 1 aliphatic heterocycles. The van der Waals surface area contributed by atoms with Gasteiger partial charge in [0.15, 0.2) is 0 Å². The van der Waals surface area contributed by atoms with Crippen molar-refractivity contribution in [1.29, 1.82) is 0 Å². The highest BCUT2D eigenvalue weighted by Crippen LogP contribution is 2.71. The summed E-state index contributed by atoms with van der Waals surface area (Å²) in [7, 11) is 0. The minimum Gasteiger partial charge on any atom is -0.318 e. The summed E-state index contributed by atoms with van der Waals surface area (Å²) in [6.45, 7) is 22.2. The predicted octanol–water partition coefficient (Wildman–Crippen LogP) is 5.11. The molecule has 2 aliphatic carbocycles. The average molecular weight is 370 g/mol. The Bertz CT molecular complexity index is 663. The topological polar surface area (TPSA) is 3.24 Å². The second-order valence-electron chi connectivity index (χ2n) is 11.6. The number of hydrogen-bond acceptors (Lipinski definition) is 1. The first-order chi connectivity index (χ1) is 12.6. The van der Waals surface area contributed by atoms with Gasteiger partial charge in [0.25, 0.3) is 0 Å². The zero-order valence-corrected chi connectivity index (χ0v) is 18.6. The Labute approximate surface area is 167 Å². The number of benzene rings is 1. The highest BCUT2D eigenvalue weighted by Gasteiger charge is 2.70. The zero-order chi connectivity index (χ0) is 19.4. The van der Waals surface area contributed by atoms with Gasteiger partial charge in [0.2, 0.25) is 0 Å². The summed E-state index contributed by atoms with van der Waals surface area (Å²) in [4.78, 5) is 2.88. The summed E-state index contributed by atoms with van der Waals surface area (Å²) < 4.78 is 1.28. The van der Waals surface area contributed by atoms with Crippen molar-refractivity contribution in [2.75, 3.05) is 32.7 Å². The third-order valence-corrected chi connectivity index (χ3v) is 8.02. The molecule has 1 saturated heterocycles. The van der Waals surface area contributed by atoms with Crippen LogP contribution in [0.4, 0.5) is 0 Å². The first kappa shape index (κ1) is 19.5. The molecule has 3 fully saturated rings. The van der Waals surface area contributed by atoms with Crippen LogP contribution >= 0.6 is 0 Å².